The maximum absolute atomic E-state index is 13.4. The van der Waals surface area contributed by atoms with Gasteiger partial charge in [-0.15, -0.1) is 11.3 Å². The van der Waals surface area contributed by atoms with Gasteiger partial charge in [-0.3, -0.25) is 14.2 Å². The number of rotatable bonds is 4. The van der Waals surface area contributed by atoms with Gasteiger partial charge in [-0.2, -0.15) is 0 Å². The maximum atomic E-state index is 13.4. The minimum Gasteiger partial charge on any atom is -0.300 e. The Bertz CT molecular complexity index is 1590. The molecule has 0 bridgehead atoms. The van der Waals surface area contributed by atoms with Crippen LogP contribution in [0, 0.1) is 13.8 Å². The highest BCUT2D eigenvalue weighted by Gasteiger charge is 2.18. The van der Waals surface area contributed by atoms with Crippen LogP contribution in [-0.2, 0) is 11.3 Å². The molecule has 1 amide bonds. The number of aromatic nitrogens is 3. The number of thiazole rings is 1. The van der Waals surface area contributed by atoms with Crippen LogP contribution in [0.4, 0.5) is 5.13 Å². The summed E-state index contributed by atoms with van der Waals surface area (Å²) in [4.78, 5) is 43.7. The molecule has 2 aromatic carbocycles. The number of carbonyl (C=O) groups is 1. The van der Waals surface area contributed by atoms with Gasteiger partial charge in [0.25, 0.3) is 5.56 Å². The zero-order valence-electron chi connectivity index (χ0n) is 17.3. The number of aryl methyl sites for hydroxylation is 2. The highest BCUT2D eigenvalue weighted by molar-refractivity contribution is 7.22. The molecule has 0 radical (unpaired) electrons. The number of hydrogen-bond donors (Lipinski definition) is 1. The third kappa shape index (κ3) is 3.45. The van der Waals surface area contributed by atoms with Crippen LogP contribution in [0.5, 0.6) is 0 Å². The predicted molar refractivity (Wildman–Crippen MR) is 129 cm³/mol. The van der Waals surface area contributed by atoms with Gasteiger partial charge in [0.15, 0.2) is 5.13 Å². The molecular formula is C23H18N4O3S2. The smallest absolute Gasteiger partial charge is 0.300 e. The number of para-hydroxylation sites is 1. The van der Waals surface area contributed by atoms with Crippen LogP contribution in [0.1, 0.15) is 11.1 Å². The first-order valence-electron chi connectivity index (χ1n) is 9.88. The Hall–Kier alpha value is -3.56. The lowest BCUT2D eigenvalue weighted by molar-refractivity contribution is -0.116. The Labute approximate surface area is 190 Å². The molecular weight excluding hydrogens is 444 g/mol. The second-order valence-electron chi connectivity index (χ2n) is 7.45. The molecule has 32 heavy (non-hydrogen) atoms. The fourth-order valence-corrected chi connectivity index (χ4v) is 5.27. The first kappa shape index (κ1) is 20.3. The molecule has 3 heterocycles. The molecule has 5 aromatic rings. The normalized spacial score (nSPS) is 11.3. The van der Waals surface area contributed by atoms with E-state index in [9.17, 15) is 14.4 Å². The van der Waals surface area contributed by atoms with Crippen molar-refractivity contribution in [2.24, 2.45) is 0 Å². The van der Waals surface area contributed by atoms with E-state index in [-0.39, 0.29) is 18.0 Å². The van der Waals surface area contributed by atoms with Crippen LogP contribution in [0.3, 0.4) is 0 Å². The SMILES string of the molecule is Cc1ccc(-n2c(=O)c3sccc3n(CC(=O)Nc3nc4ccccc4s3)c2=O)cc1C. The first-order chi connectivity index (χ1) is 15.4. The molecule has 1 N–H and O–H groups in total. The molecule has 160 valence electrons. The van der Waals surface area contributed by atoms with Crippen molar-refractivity contribution in [3.05, 3.63) is 85.9 Å². The van der Waals surface area contributed by atoms with Gasteiger partial charge < -0.3 is 5.32 Å². The minimum absolute atomic E-state index is 0.229. The molecule has 0 aliphatic heterocycles. The lowest BCUT2D eigenvalue weighted by atomic mass is 10.1. The van der Waals surface area contributed by atoms with Gasteiger partial charge in [-0.1, -0.05) is 29.5 Å². The summed E-state index contributed by atoms with van der Waals surface area (Å²) in [7, 11) is 0. The third-order valence-electron chi connectivity index (χ3n) is 5.35. The lowest BCUT2D eigenvalue weighted by Gasteiger charge is -2.13. The monoisotopic (exact) mass is 462 g/mol. The first-order valence-corrected chi connectivity index (χ1v) is 11.6. The molecule has 7 nitrogen and oxygen atoms in total. The summed E-state index contributed by atoms with van der Waals surface area (Å²) in [5.41, 5.74) is 2.83. The van der Waals surface area contributed by atoms with E-state index in [1.165, 1.54) is 27.2 Å². The average molecular weight is 463 g/mol. The largest absolute Gasteiger partial charge is 0.336 e. The summed E-state index contributed by atoms with van der Waals surface area (Å²) < 4.78 is 3.86. The summed E-state index contributed by atoms with van der Waals surface area (Å²) in [6.07, 6.45) is 0. The van der Waals surface area contributed by atoms with Crippen molar-refractivity contribution in [1.29, 1.82) is 0 Å². The number of nitrogens with one attached hydrogen (secondary N) is 1. The van der Waals surface area contributed by atoms with Crippen molar-refractivity contribution in [2.75, 3.05) is 5.32 Å². The Balaban J connectivity index is 1.56. The number of carbonyl (C=O) groups excluding carboxylic acids is 1. The zero-order valence-corrected chi connectivity index (χ0v) is 18.9. The van der Waals surface area contributed by atoms with E-state index in [2.05, 4.69) is 10.3 Å². The molecule has 3 aromatic heterocycles. The molecule has 0 unspecified atom stereocenters. The van der Waals surface area contributed by atoms with Gasteiger partial charge >= 0.3 is 5.69 Å². The Morgan fingerprint density at radius 3 is 2.66 bits per heavy atom. The number of anilines is 1. The van der Waals surface area contributed by atoms with Gasteiger partial charge in [-0.25, -0.2) is 14.3 Å². The van der Waals surface area contributed by atoms with Gasteiger partial charge in [0.05, 0.1) is 21.4 Å². The molecule has 5 rings (SSSR count). The third-order valence-corrected chi connectivity index (χ3v) is 7.19. The number of benzene rings is 2. The summed E-state index contributed by atoms with van der Waals surface area (Å²) in [6.45, 7) is 3.67. The van der Waals surface area contributed by atoms with Crippen LogP contribution in [0.25, 0.3) is 26.1 Å². The van der Waals surface area contributed by atoms with Gasteiger partial charge in [0.1, 0.15) is 11.2 Å². The molecule has 0 aliphatic rings. The van der Waals surface area contributed by atoms with Crippen LogP contribution in [-0.4, -0.2) is 20.0 Å². The van der Waals surface area contributed by atoms with E-state index in [1.807, 2.05) is 50.2 Å². The quantitative estimate of drug-likeness (QED) is 0.436. The summed E-state index contributed by atoms with van der Waals surface area (Å²) in [6, 6.07) is 14.7. The lowest BCUT2D eigenvalue weighted by Crippen LogP contribution is -2.40. The Morgan fingerprint density at radius 2 is 1.88 bits per heavy atom. The van der Waals surface area contributed by atoms with E-state index in [0.29, 0.717) is 21.0 Å². The molecule has 0 atom stereocenters. The summed E-state index contributed by atoms with van der Waals surface area (Å²) in [5.74, 6) is -0.385. The van der Waals surface area contributed by atoms with Crippen molar-refractivity contribution >= 4 is 54.1 Å². The maximum Gasteiger partial charge on any atom is 0.336 e. The minimum atomic E-state index is -0.552. The molecule has 0 fully saturated rings. The topological polar surface area (TPSA) is 86.0 Å². The van der Waals surface area contributed by atoms with E-state index in [4.69, 9.17) is 0 Å². The summed E-state index contributed by atoms with van der Waals surface area (Å²) in [5, 5.41) is 4.99. The average Bonchev–Trinajstić information content (AvgIpc) is 3.40. The van der Waals surface area contributed by atoms with Crippen molar-refractivity contribution in [3.63, 3.8) is 0 Å². The van der Waals surface area contributed by atoms with E-state index in [1.54, 1.807) is 17.5 Å². The van der Waals surface area contributed by atoms with Crippen LogP contribution in [0.15, 0.2) is 63.5 Å². The van der Waals surface area contributed by atoms with Crippen molar-refractivity contribution in [2.45, 2.75) is 20.4 Å². The van der Waals surface area contributed by atoms with E-state index >= 15 is 0 Å². The van der Waals surface area contributed by atoms with Gasteiger partial charge in [-0.05, 0) is 60.7 Å². The molecule has 0 aliphatic carbocycles. The molecule has 0 spiro atoms. The van der Waals surface area contributed by atoms with Crippen molar-refractivity contribution in [1.82, 2.24) is 14.1 Å². The predicted octanol–water partition coefficient (Wildman–Crippen LogP) is 4.08. The van der Waals surface area contributed by atoms with Crippen LogP contribution >= 0.6 is 22.7 Å². The van der Waals surface area contributed by atoms with Crippen molar-refractivity contribution < 1.29 is 4.79 Å². The summed E-state index contributed by atoms with van der Waals surface area (Å²) >= 11 is 2.62. The van der Waals surface area contributed by atoms with E-state index in [0.717, 1.165) is 25.9 Å². The van der Waals surface area contributed by atoms with Gasteiger partial charge in [0.2, 0.25) is 5.91 Å². The highest BCUT2D eigenvalue weighted by Crippen LogP contribution is 2.25. The second kappa shape index (κ2) is 7.85. The van der Waals surface area contributed by atoms with Gasteiger partial charge in [0, 0.05) is 0 Å². The molecule has 9 heteroatoms. The van der Waals surface area contributed by atoms with Crippen molar-refractivity contribution in [3.8, 4) is 5.69 Å². The number of nitrogens with zero attached hydrogens (tertiary/aromatic N) is 3. The number of hydrogen-bond acceptors (Lipinski definition) is 6. The fourth-order valence-electron chi connectivity index (χ4n) is 3.56. The fraction of sp³-hybridized carbons (Fsp3) is 0.130. The number of thiophene rings is 1. The van der Waals surface area contributed by atoms with Crippen LogP contribution in [0.2, 0.25) is 0 Å². The standard InChI is InChI=1S/C23H18N4O3S2/c1-13-7-8-15(11-14(13)2)27-21(29)20-17(9-10-31-20)26(23(27)30)12-19(28)25-22-24-16-5-3-4-6-18(16)32-22/h3-11H,12H2,1-2H3,(H,24,25,28). The number of fused-ring (bicyclic) bond motifs is 2. The molecule has 0 saturated heterocycles. The Morgan fingerprint density at radius 1 is 1.06 bits per heavy atom. The Kier molecular flexibility index (Phi) is 4.99. The molecule has 0 saturated carbocycles. The zero-order chi connectivity index (χ0) is 22.4. The van der Waals surface area contributed by atoms with Crippen LogP contribution < -0.4 is 16.6 Å². The number of amides is 1. The van der Waals surface area contributed by atoms with E-state index < -0.39 is 5.69 Å². The second-order valence-corrected chi connectivity index (χ2v) is 9.39. The highest BCUT2D eigenvalue weighted by atomic mass is 32.1.